The molecule has 0 amide bonds. The second-order valence-electron chi connectivity index (χ2n) is 4.19. The molecule has 1 aliphatic carbocycles. The first-order chi connectivity index (χ1) is 5.83. The zero-order valence-corrected chi connectivity index (χ0v) is 8.60. The molecule has 0 aromatic rings. The fourth-order valence-corrected chi connectivity index (χ4v) is 1.85. The fraction of sp³-hybridized carbons (Fsp3) is 0.833. The van der Waals surface area contributed by atoms with Crippen LogP contribution in [-0.4, -0.2) is 0 Å². The molecular formula is C12H22. The molecule has 0 radical (unpaired) electrons. The van der Waals surface area contributed by atoms with Crippen molar-refractivity contribution < 1.29 is 0 Å². The molecule has 1 saturated carbocycles. The van der Waals surface area contributed by atoms with Crippen molar-refractivity contribution in [1.29, 1.82) is 0 Å². The van der Waals surface area contributed by atoms with Crippen molar-refractivity contribution in [3.8, 4) is 0 Å². The summed E-state index contributed by atoms with van der Waals surface area (Å²) in [4.78, 5) is 0. The number of rotatable bonds is 3. The lowest BCUT2D eigenvalue weighted by molar-refractivity contribution is 0.442. The van der Waals surface area contributed by atoms with Crippen molar-refractivity contribution in [3.05, 3.63) is 11.6 Å². The summed E-state index contributed by atoms with van der Waals surface area (Å²) in [6, 6.07) is 0. The zero-order chi connectivity index (χ0) is 8.81. The van der Waals surface area contributed by atoms with Gasteiger partial charge in [0.1, 0.15) is 0 Å². The maximum absolute atomic E-state index is 2.50. The highest BCUT2D eigenvalue weighted by Gasteiger charge is 2.10. The van der Waals surface area contributed by atoms with Crippen LogP contribution in [0.1, 0.15) is 58.8 Å². The van der Waals surface area contributed by atoms with E-state index in [4.69, 9.17) is 0 Å². The maximum Gasteiger partial charge on any atom is -0.0318 e. The van der Waals surface area contributed by atoms with Crippen LogP contribution in [0.5, 0.6) is 0 Å². The smallest absolute Gasteiger partial charge is 0.0318 e. The van der Waals surface area contributed by atoms with E-state index in [1.807, 2.05) is 0 Å². The minimum absolute atomic E-state index is 0.980. The molecule has 0 atom stereocenters. The van der Waals surface area contributed by atoms with E-state index in [0.29, 0.717) is 0 Å². The van der Waals surface area contributed by atoms with Gasteiger partial charge in [0.2, 0.25) is 0 Å². The minimum atomic E-state index is 0.980. The van der Waals surface area contributed by atoms with Gasteiger partial charge in [0, 0.05) is 0 Å². The average Bonchev–Trinajstić information content (AvgIpc) is 2.09. The molecule has 0 unspecified atom stereocenters. The molecule has 12 heavy (non-hydrogen) atoms. The Morgan fingerprint density at radius 2 is 2.00 bits per heavy atom. The summed E-state index contributed by atoms with van der Waals surface area (Å²) < 4.78 is 0. The van der Waals surface area contributed by atoms with E-state index >= 15 is 0 Å². The second kappa shape index (κ2) is 5.40. The first-order valence-electron chi connectivity index (χ1n) is 5.50. The van der Waals surface area contributed by atoms with Gasteiger partial charge in [0.15, 0.2) is 0 Å². The Kier molecular flexibility index (Phi) is 4.42. The van der Waals surface area contributed by atoms with Gasteiger partial charge in [0.05, 0.1) is 0 Å². The van der Waals surface area contributed by atoms with Crippen LogP contribution in [-0.2, 0) is 0 Å². The van der Waals surface area contributed by atoms with Crippen LogP contribution in [0.3, 0.4) is 0 Å². The van der Waals surface area contributed by atoms with Gasteiger partial charge < -0.3 is 0 Å². The van der Waals surface area contributed by atoms with E-state index in [2.05, 4.69) is 19.9 Å². The Hall–Kier alpha value is -0.260. The molecule has 0 heterocycles. The lowest BCUT2D eigenvalue weighted by Crippen LogP contribution is -2.03. The van der Waals surface area contributed by atoms with E-state index in [9.17, 15) is 0 Å². The topological polar surface area (TPSA) is 0 Å². The van der Waals surface area contributed by atoms with Crippen LogP contribution in [0.15, 0.2) is 11.6 Å². The third-order valence-electron chi connectivity index (χ3n) is 2.91. The van der Waals surface area contributed by atoms with Crippen molar-refractivity contribution in [2.45, 2.75) is 58.8 Å². The fourth-order valence-electron chi connectivity index (χ4n) is 1.85. The van der Waals surface area contributed by atoms with Gasteiger partial charge in [-0.15, -0.1) is 0 Å². The van der Waals surface area contributed by atoms with Crippen molar-refractivity contribution in [2.75, 3.05) is 0 Å². The number of allylic oxidation sites excluding steroid dienone is 2. The summed E-state index contributed by atoms with van der Waals surface area (Å²) in [5.74, 6) is 0.980. The quantitative estimate of drug-likeness (QED) is 0.433. The molecule has 0 nitrogen and oxygen atoms in total. The highest BCUT2D eigenvalue weighted by molar-refractivity contribution is 5.04. The Bertz CT molecular complexity index is 134. The normalized spacial score (nSPS) is 24.2. The molecule has 1 rings (SSSR count). The molecule has 0 heteroatoms. The average molecular weight is 166 g/mol. The van der Waals surface area contributed by atoms with Crippen LogP contribution < -0.4 is 0 Å². The number of hydrogen-bond donors (Lipinski definition) is 0. The predicted molar refractivity (Wildman–Crippen MR) is 55.2 cm³/mol. The van der Waals surface area contributed by atoms with Crippen molar-refractivity contribution in [1.82, 2.24) is 0 Å². The van der Waals surface area contributed by atoms with Crippen molar-refractivity contribution >= 4 is 0 Å². The lowest BCUT2D eigenvalue weighted by atomic mass is 9.86. The summed E-state index contributed by atoms with van der Waals surface area (Å²) >= 11 is 0. The van der Waals surface area contributed by atoms with Gasteiger partial charge in [-0.1, -0.05) is 38.3 Å². The van der Waals surface area contributed by atoms with E-state index in [-0.39, 0.29) is 0 Å². The minimum Gasteiger partial charge on any atom is -0.0853 e. The second-order valence-corrected chi connectivity index (χ2v) is 4.19. The number of hydrogen-bond acceptors (Lipinski definition) is 0. The Labute approximate surface area is 77.1 Å². The van der Waals surface area contributed by atoms with Crippen LogP contribution in [0.25, 0.3) is 0 Å². The van der Waals surface area contributed by atoms with Crippen LogP contribution in [0.2, 0.25) is 0 Å². The van der Waals surface area contributed by atoms with Crippen LogP contribution in [0, 0.1) is 5.92 Å². The molecule has 0 aromatic heterocycles. The monoisotopic (exact) mass is 166 g/mol. The van der Waals surface area contributed by atoms with E-state index in [0.717, 1.165) is 5.92 Å². The maximum atomic E-state index is 2.50. The summed E-state index contributed by atoms with van der Waals surface area (Å²) in [5, 5.41) is 0. The molecular weight excluding hydrogens is 144 g/mol. The zero-order valence-electron chi connectivity index (χ0n) is 8.60. The van der Waals surface area contributed by atoms with E-state index in [1.54, 1.807) is 5.57 Å². The molecule has 0 bridgehead atoms. The SMILES string of the molecule is CCCCC=C1CCC(C)CC1. The van der Waals surface area contributed by atoms with Gasteiger partial charge in [-0.25, -0.2) is 0 Å². The van der Waals surface area contributed by atoms with Crippen molar-refractivity contribution in [2.24, 2.45) is 5.92 Å². The highest BCUT2D eigenvalue weighted by atomic mass is 14.2. The largest absolute Gasteiger partial charge is 0.0853 e. The van der Waals surface area contributed by atoms with Crippen molar-refractivity contribution in [3.63, 3.8) is 0 Å². The van der Waals surface area contributed by atoms with Gasteiger partial charge in [0.25, 0.3) is 0 Å². The molecule has 0 saturated heterocycles. The van der Waals surface area contributed by atoms with Crippen LogP contribution in [0.4, 0.5) is 0 Å². The summed E-state index contributed by atoms with van der Waals surface area (Å²) in [6.07, 6.45) is 12.1. The van der Waals surface area contributed by atoms with E-state index < -0.39 is 0 Å². The molecule has 0 N–H and O–H groups in total. The Balaban J connectivity index is 2.19. The number of unbranched alkanes of at least 4 members (excludes halogenated alkanes) is 2. The Morgan fingerprint density at radius 3 is 2.58 bits per heavy atom. The molecule has 70 valence electrons. The first kappa shape index (κ1) is 9.83. The lowest BCUT2D eigenvalue weighted by Gasteiger charge is -2.20. The predicted octanol–water partition coefficient (Wildman–Crippen LogP) is 4.31. The summed E-state index contributed by atoms with van der Waals surface area (Å²) in [7, 11) is 0. The summed E-state index contributed by atoms with van der Waals surface area (Å²) in [6.45, 7) is 4.64. The molecule has 0 aliphatic heterocycles. The highest BCUT2D eigenvalue weighted by Crippen LogP contribution is 2.27. The van der Waals surface area contributed by atoms with Gasteiger partial charge >= 0.3 is 0 Å². The third kappa shape index (κ3) is 3.42. The van der Waals surface area contributed by atoms with E-state index in [1.165, 1.54) is 44.9 Å². The van der Waals surface area contributed by atoms with Gasteiger partial charge in [-0.05, 0) is 38.0 Å². The molecule has 0 aromatic carbocycles. The van der Waals surface area contributed by atoms with Gasteiger partial charge in [-0.2, -0.15) is 0 Å². The Morgan fingerprint density at radius 1 is 1.33 bits per heavy atom. The van der Waals surface area contributed by atoms with Gasteiger partial charge in [-0.3, -0.25) is 0 Å². The molecule has 0 spiro atoms. The first-order valence-corrected chi connectivity index (χ1v) is 5.50. The molecule has 1 fully saturated rings. The third-order valence-corrected chi connectivity index (χ3v) is 2.91. The van der Waals surface area contributed by atoms with Crippen LogP contribution >= 0.6 is 0 Å². The standard InChI is InChI=1S/C12H22/c1-3-4-5-6-12-9-7-11(2)8-10-12/h6,11H,3-5,7-10H2,1-2H3. The summed E-state index contributed by atoms with van der Waals surface area (Å²) in [5.41, 5.74) is 1.74. The molecule has 1 aliphatic rings.